The highest BCUT2D eigenvalue weighted by Crippen LogP contribution is 2.52. The lowest BCUT2D eigenvalue weighted by Crippen LogP contribution is -2.01. The first-order chi connectivity index (χ1) is 8.48. The number of rotatable bonds is 2. The summed E-state index contributed by atoms with van der Waals surface area (Å²) in [7, 11) is -3.72. The van der Waals surface area contributed by atoms with Crippen molar-refractivity contribution in [3.8, 4) is 5.75 Å². The Labute approximate surface area is 119 Å². The zero-order valence-electron chi connectivity index (χ0n) is 8.94. The van der Waals surface area contributed by atoms with Crippen LogP contribution in [-0.2, 0) is 13.6 Å². The number of phosphoric acid groups is 1. The standard InChI is InChI=1S/C10H8Cl3O4P/c11-7-1-3-8(4-2-7)17-18(14)15-5-9(12)10(13)6-16-18/h1-4H,5-6H2. The molecule has 1 aromatic rings. The summed E-state index contributed by atoms with van der Waals surface area (Å²) in [5.41, 5.74) is 0. The van der Waals surface area contributed by atoms with Gasteiger partial charge in [0.15, 0.2) is 0 Å². The molecule has 8 heteroatoms. The van der Waals surface area contributed by atoms with E-state index in [1.807, 2.05) is 0 Å². The third-order valence-electron chi connectivity index (χ3n) is 2.02. The van der Waals surface area contributed by atoms with Gasteiger partial charge in [-0.25, -0.2) is 4.57 Å². The molecule has 0 amide bonds. The average Bonchev–Trinajstić information content (AvgIpc) is 2.47. The zero-order valence-corrected chi connectivity index (χ0v) is 12.1. The zero-order chi connectivity index (χ0) is 13.2. The minimum Gasteiger partial charge on any atom is -0.404 e. The summed E-state index contributed by atoms with van der Waals surface area (Å²) in [6.45, 7) is -0.240. The lowest BCUT2D eigenvalue weighted by molar-refractivity contribution is 0.186. The van der Waals surface area contributed by atoms with Crippen LogP contribution in [0.15, 0.2) is 34.3 Å². The fraction of sp³-hybridized carbons (Fsp3) is 0.200. The average molecular weight is 330 g/mol. The van der Waals surface area contributed by atoms with Crippen LogP contribution < -0.4 is 4.52 Å². The summed E-state index contributed by atoms with van der Waals surface area (Å²) >= 11 is 17.3. The topological polar surface area (TPSA) is 44.8 Å². The van der Waals surface area contributed by atoms with Gasteiger partial charge in [0, 0.05) is 5.02 Å². The highest BCUT2D eigenvalue weighted by Gasteiger charge is 2.32. The maximum absolute atomic E-state index is 12.2. The van der Waals surface area contributed by atoms with Crippen molar-refractivity contribution in [1.29, 1.82) is 0 Å². The first-order valence-corrected chi connectivity index (χ1v) is 7.45. The Kier molecular flexibility index (Phi) is 4.59. The molecule has 0 radical (unpaired) electrons. The number of phosphoric ester groups is 1. The fourth-order valence-electron chi connectivity index (χ4n) is 1.14. The van der Waals surface area contributed by atoms with Gasteiger partial charge in [-0.05, 0) is 24.3 Å². The van der Waals surface area contributed by atoms with E-state index in [0.717, 1.165) is 0 Å². The molecule has 98 valence electrons. The van der Waals surface area contributed by atoms with Gasteiger partial charge in [0.25, 0.3) is 0 Å². The molecule has 18 heavy (non-hydrogen) atoms. The smallest absolute Gasteiger partial charge is 0.404 e. The molecule has 0 N–H and O–H groups in total. The molecular weight excluding hydrogens is 321 g/mol. The highest BCUT2D eigenvalue weighted by molar-refractivity contribution is 7.49. The summed E-state index contributed by atoms with van der Waals surface area (Å²) in [5.74, 6) is 0.317. The lowest BCUT2D eigenvalue weighted by Gasteiger charge is -2.15. The van der Waals surface area contributed by atoms with E-state index < -0.39 is 7.82 Å². The molecule has 0 spiro atoms. The lowest BCUT2D eigenvalue weighted by atomic mass is 10.3. The molecule has 0 atom stereocenters. The van der Waals surface area contributed by atoms with Crippen molar-refractivity contribution in [2.24, 2.45) is 0 Å². The van der Waals surface area contributed by atoms with E-state index in [2.05, 4.69) is 0 Å². The first-order valence-electron chi connectivity index (χ1n) is 4.86. The first kappa shape index (κ1) is 14.2. The molecule has 0 fully saturated rings. The van der Waals surface area contributed by atoms with Crippen LogP contribution in [0.1, 0.15) is 0 Å². The van der Waals surface area contributed by atoms with Crippen LogP contribution in [0.5, 0.6) is 5.75 Å². The fourth-order valence-corrected chi connectivity index (χ4v) is 2.77. The van der Waals surface area contributed by atoms with Crippen LogP contribution in [-0.4, -0.2) is 13.2 Å². The predicted octanol–water partition coefficient (Wildman–Crippen LogP) is 4.56. The Bertz CT molecular complexity index is 494. The van der Waals surface area contributed by atoms with Crippen molar-refractivity contribution in [3.63, 3.8) is 0 Å². The second-order valence-electron chi connectivity index (χ2n) is 3.35. The van der Waals surface area contributed by atoms with E-state index in [-0.39, 0.29) is 23.3 Å². The van der Waals surface area contributed by atoms with Gasteiger partial charge < -0.3 is 4.52 Å². The Balaban J connectivity index is 2.09. The number of hydrogen-bond acceptors (Lipinski definition) is 4. The van der Waals surface area contributed by atoms with Crippen molar-refractivity contribution in [3.05, 3.63) is 39.4 Å². The number of halogens is 3. The Morgan fingerprint density at radius 1 is 1.00 bits per heavy atom. The second-order valence-corrected chi connectivity index (χ2v) is 6.29. The maximum Gasteiger partial charge on any atom is 0.530 e. The third kappa shape index (κ3) is 3.64. The van der Waals surface area contributed by atoms with E-state index in [9.17, 15) is 4.57 Å². The molecule has 0 saturated heterocycles. The Morgan fingerprint density at radius 3 is 2.00 bits per heavy atom. The van der Waals surface area contributed by atoms with Crippen molar-refractivity contribution in [1.82, 2.24) is 0 Å². The molecule has 0 aliphatic carbocycles. The van der Waals surface area contributed by atoms with Gasteiger partial charge in [-0.3, -0.25) is 9.05 Å². The summed E-state index contributed by atoms with van der Waals surface area (Å²) in [6.07, 6.45) is 0. The van der Waals surface area contributed by atoms with Crippen LogP contribution in [0.2, 0.25) is 5.02 Å². The van der Waals surface area contributed by atoms with Crippen LogP contribution in [0.3, 0.4) is 0 Å². The van der Waals surface area contributed by atoms with Crippen LogP contribution in [0.4, 0.5) is 0 Å². The summed E-state index contributed by atoms with van der Waals surface area (Å²) < 4.78 is 27.4. The summed E-state index contributed by atoms with van der Waals surface area (Å²) in [6, 6.07) is 6.30. The van der Waals surface area contributed by atoms with Crippen molar-refractivity contribution >= 4 is 42.6 Å². The molecule has 0 saturated carbocycles. The van der Waals surface area contributed by atoms with Crippen molar-refractivity contribution in [2.45, 2.75) is 0 Å². The van der Waals surface area contributed by atoms with Crippen molar-refractivity contribution in [2.75, 3.05) is 13.2 Å². The molecule has 0 bridgehead atoms. The van der Waals surface area contributed by atoms with E-state index in [0.29, 0.717) is 10.8 Å². The van der Waals surface area contributed by atoms with Gasteiger partial charge in [0.2, 0.25) is 0 Å². The molecular formula is C10H8Cl3O4P. The summed E-state index contributed by atoms with van der Waals surface area (Å²) in [5, 5.41) is 1.03. The molecule has 0 unspecified atom stereocenters. The predicted molar refractivity (Wildman–Crippen MR) is 70.3 cm³/mol. The van der Waals surface area contributed by atoms with Gasteiger partial charge in [0.05, 0.1) is 23.3 Å². The largest absolute Gasteiger partial charge is 0.530 e. The monoisotopic (exact) mass is 328 g/mol. The third-order valence-corrected chi connectivity index (χ3v) is 4.37. The van der Waals surface area contributed by atoms with E-state index in [1.54, 1.807) is 24.3 Å². The van der Waals surface area contributed by atoms with Gasteiger partial charge in [-0.15, -0.1) is 0 Å². The molecule has 1 aromatic carbocycles. The van der Waals surface area contributed by atoms with E-state index in [4.69, 9.17) is 48.4 Å². The molecule has 2 rings (SSSR count). The Hall–Kier alpha value is -0.220. The van der Waals surface area contributed by atoms with Gasteiger partial charge >= 0.3 is 7.82 Å². The van der Waals surface area contributed by atoms with Crippen LogP contribution >= 0.6 is 42.6 Å². The van der Waals surface area contributed by atoms with Gasteiger partial charge in [-0.2, -0.15) is 0 Å². The molecule has 0 aromatic heterocycles. The maximum atomic E-state index is 12.2. The summed E-state index contributed by atoms with van der Waals surface area (Å²) in [4.78, 5) is 0. The number of benzene rings is 1. The van der Waals surface area contributed by atoms with Crippen LogP contribution in [0, 0.1) is 0 Å². The molecule has 1 aliphatic rings. The van der Waals surface area contributed by atoms with Gasteiger partial charge in [-0.1, -0.05) is 34.8 Å². The normalized spacial score (nSPS) is 19.5. The van der Waals surface area contributed by atoms with Crippen LogP contribution in [0.25, 0.3) is 0 Å². The minimum atomic E-state index is -3.72. The minimum absolute atomic E-state index is 0.120. The van der Waals surface area contributed by atoms with E-state index in [1.165, 1.54) is 0 Å². The molecule has 4 nitrogen and oxygen atoms in total. The quantitative estimate of drug-likeness (QED) is 0.746. The number of hydrogen-bond donors (Lipinski definition) is 0. The Morgan fingerprint density at radius 2 is 1.50 bits per heavy atom. The molecule has 1 aliphatic heterocycles. The highest BCUT2D eigenvalue weighted by atomic mass is 35.5. The van der Waals surface area contributed by atoms with Gasteiger partial charge in [0.1, 0.15) is 5.75 Å². The van der Waals surface area contributed by atoms with Crippen molar-refractivity contribution < 1.29 is 18.1 Å². The second kappa shape index (κ2) is 5.83. The van der Waals surface area contributed by atoms with E-state index >= 15 is 0 Å². The molecule has 1 heterocycles. The SMILES string of the molecule is O=P1(Oc2ccc(Cl)cc2)OCC(Cl)=C(Cl)CO1.